The molecule has 6 heteroatoms. The predicted molar refractivity (Wildman–Crippen MR) is 72.7 cm³/mol. The first-order valence-electron chi connectivity index (χ1n) is 4.89. The fourth-order valence-corrected chi connectivity index (χ4v) is 1.49. The van der Waals surface area contributed by atoms with Gasteiger partial charge in [0.05, 0.1) is 0 Å². The molecule has 0 radical (unpaired) electrons. The summed E-state index contributed by atoms with van der Waals surface area (Å²) in [5.74, 6) is -1.01. The van der Waals surface area contributed by atoms with Crippen LogP contribution in [0, 0.1) is 0 Å². The summed E-state index contributed by atoms with van der Waals surface area (Å²) in [6, 6.07) is 8.84. The molecule has 5 N–H and O–H groups in total. The molecule has 1 unspecified atom stereocenters. The summed E-state index contributed by atoms with van der Waals surface area (Å²) in [6.45, 7) is 0.444. The van der Waals surface area contributed by atoms with Gasteiger partial charge in [0, 0.05) is 0 Å². The zero-order chi connectivity index (χ0) is 11.3. The quantitative estimate of drug-likeness (QED) is 0.763. The van der Waals surface area contributed by atoms with Gasteiger partial charge in [-0.2, -0.15) is 0 Å². The molecular weight excluding hydrogens is 263 g/mol. The van der Waals surface area contributed by atoms with E-state index in [1.165, 1.54) is 0 Å². The number of rotatable bonds is 5. The molecule has 0 saturated carbocycles. The Labute approximate surface area is 113 Å². The molecule has 0 aliphatic carbocycles. The van der Waals surface area contributed by atoms with Crippen molar-refractivity contribution in [3.63, 3.8) is 0 Å². The van der Waals surface area contributed by atoms with Gasteiger partial charge < -0.3 is 16.6 Å². The number of carboxylic acids is 1. The Balaban J connectivity index is 0. The van der Waals surface area contributed by atoms with Crippen LogP contribution in [0.4, 0.5) is 0 Å². The molecule has 0 bridgehead atoms. The molecule has 98 valence electrons. The van der Waals surface area contributed by atoms with E-state index in [0.717, 1.165) is 0 Å². The van der Waals surface area contributed by atoms with Gasteiger partial charge in [-0.1, -0.05) is 30.3 Å². The van der Waals surface area contributed by atoms with Crippen LogP contribution in [0.1, 0.15) is 18.4 Å². The number of aliphatic carboxylic acids is 1. The first-order valence-corrected chi connectivity index (χ1v) is 4.89. The van der Waals surface area contributed by atoms with E-state index in [2.05, 4.69) is 0 Å². The Kier molecular flexibility index (Phi) is 9.06. The number of nitrogens with two attached hydrogens (primary N) is 2. The summed E-state index contributed by atoms with van der Waals surface area (Å²) in [7, 11) is 0. The van der Waals surface area contributed by atoms with Gasteiger partial charge in [0.15, 0.2) is 0 Å². The van der Waals surface area contributed by atoms with Gasteiger partial charge in [-0.25, -0.2) is 4.79 Å². The molecule has 1 atom stereocenters. The highest BCUT2D eigenvalue weighted by Gasteiger charge is 2.34. The molecule has 0 aliphatic heterocycles. The van der Waals surface area contributed by atoms with Crippen molar-refractivity contribution in [3.05, 3.63) is 35.9 Å². The summed E-state index contributed by atoms with van der Waals surface area (Å²) >= 11 is 0. The Morgan fingerprint density at radius 3 is 2.18 bits per heavy atom. The van der Waals surface area contributed by atoms with E-state index in [1.54, 1.807) is 24.3 Å². The summed E-state index contributed by atoms with van der Waals surface area (Å²) in [5, 5.41) is 9.15. The van der Waals surface area contributed by atoms with Gasteiger partial charge in [-0.3, -0.25) is 0 Å². The lowest BCUT2D eigenvalue weighted by Gasteiger charge is -2.24. The molecule has 0 amide bonds. The lowest BCUT2D eigenvalue weighted by molar-refractivity contribution is -0.144. The average molecular weight is 281 g/mol. The molecule has 1 rings (SSSR count). The molecular formula is C11H18Cl2N2O2. The fourth-order valence-electron chi connectivity index (χ4n) is 1.49. The van der Waals surface area contributed by atoms with Gasteiger partial charge in [-0.15, -0.1) is 24.8 Å². The third-order valence-corrected chi connectivity index (χ3v) is 2.45. The maximum absolute atomic E-state index is 11.2. The van der Waals surface area contributed by atoms with Crippen molar-refractivity contribution in [2.45, 2.75) is 18.4 Å². The highest BCUT2D eigenvalue weighted by molar-refractivity contribution is 5.85. The van der Waals surface area contributed by atoms with Crippen molar-refractivity contribution in [1.29, 1.82) is 0 Å². The van der Waals surface area contributed by atoms with Crippen molar-refractivity contribution in [1.82, 2.24) is 0 Å². The second kappa shape index (κ2) is 8.31. The smallest absolute Gasteiger partial charge is 0.328 e. The molecule has 0 aliphatic rings. The molecule has 1 aromatic rings. The van der Waals surface area contributed by atoms with Crippen LogP contribution < -0.4 is 11.5 Å². The topological polar surface area (TPSA) is 89.3 Å². The van der Waals surface area contributed by atoms with E-state index in [9.17, 15) is 4.79 Å². The number of carbonyl (C=O) groups is 1. The second-order valence-electron chi connectivity index (χ2n) is 3.53. The predicted octanol–water partition coefficient (Wildman–Crippen LogP) is 1.51. The number of halogens is 2. The second-order valence-corrected chi connectivity index (χ2v) is 3.53. The standard InChI is InChI=1S/C11H16N2O2.2ClH/c12-8-4-7-11(13,10(14)15)9-5-2-1-3-6-9;;/h1-3,5-6H,4,7-8,12-13H2,(H,14,15);2*1H. The molecule has 0 fully saturated rings. The number of carboxylic acid groups (broad SMARTS) is 1. The van der Waals surface area contributed by atoms with Crippen LogP contribution in [0.5, 0.6) is 0 Å². The zero-order valence-corrected chi connectivity index (χ0v) is 11.0. The summed E-state index contributed by atoms with van der Waals surface area (Å²) in [4.78, 5) is 11.2. The highest BCUT2D eigenvalue weighted by Crippen LogP contribution is 2.23. The van der Waals surface area contributed by atoms with Crippen molar-refractivity contribution in [3.8, 4) is 0 Å². The summed E-state index contributed by atoms with van der Waals surface area (Å²) in [5.41, 5.74) is 10.6. The van der Waals surface area contributed by atoms with Gasteiger partial charge in [0.25, 0.3) is 0 Å². The third kappa shape index (κ3) is 4.52. The van der Waals surface area contributed by atoms with Gasteiger partial charge >= 0.3 is 5.97 Å². The fraction of sp³-hybridized carbons (Fsp3) is 0.364. The number of hydrogen-bond donors (Lipinski definition) is 3. The van der Waals surface area contributed by atoms with Gasteiger partial charge in [0.2, 0.25) is 0 Å². The van der Waals surface area contributed by atoms with E-state index in [-0.39, 0.29) is 24.8 Å². The maximum Gasteiger partial charge on any atom is 0.328 e. The van der Waals surface area contributed by atoms with Crippen LogP contribution in [0.2, 0.25) is 0 Å². The molecule has 0 heterocycles. The highest BCUT2D eigenvalue weighted by atomic mass is 35.5. The Hall–Kier alpha value is -0.810. The van der Waals surface area contributed by atoms with Crippen LogP contribution in [0.15, 0.2) is 30.3 Å². The summed E-state index contributed by atoms with van der Waals surface area (Å²) in [6.07, 6.45) is 0.945. The van der Waals surface area contributed by atoms with E-state index in [4.69, 9.17) is 16.6 Å². The van der Waals surface area contributed by atoms with Gasteiger partial charge in [0.1, 0.15) is 5.54 Å². The largest absolute Gasteiger partial charge is 0.480 e. The molecule has 4 nitrogen and oxygen atoms in total. The van der Waals surface area contributed by atoms with E-state index in [0.29, 0.717) is 24.9 Å². The average Bonchev–Trinajstić information content (AvgIpc) is 2.27. The van der Waals surface area contributed by atoms with Crippen molar-refractivity contribution >= 4 is 30.8 Å². The van der Waals surface area contributed by atoms with Crippen LogP contribution in [0.25, 0.3) is 0 Å². The van der Waals surface area contributed by atoms with Crippen molar-refractivity contribution in [2.24, 2.45) is 11.5 Å². The van der Waals surface area contributed by atoms with Crippen LogP contribution in [-0.2, 0) is 10.3 Å². The molecule has 17 heavy (non-hydrogen) atoms. The van der Waals surface area contributed by atoms with E-state index >= 15 is 0 Å². The van der Waals surface area contributed by atoms with E-state index in [1.807, 2.05) is 6.07 Å². The molecule has 0 spiro atoms. The Morgan fingerprint density at radius 2 is 1.76 bits per heavy atom. The van der Waals surface area contributed by atoms with Crippen LogP contribution in [0.3, 0.4) is 0 Å². The number of hydrogen-bond acceptors (Lipinski definition) is 3. The molecule has 0 aromatic heterocycles. The first-order chi connectivity index (χ1) is 7.11. The van der Waals surface area contributed by atoms with Gasteiger partial charge in [-0.05, 0) is 24.9 Å². The van der Waals surface area contributed by atoms with Crippen LogP contribution in [-0.4, -0.2) is 17.6 Å². The number of benzene rings is 1. The summed E-state index contributed by atoms with van der Waals surface area (Å²) < 4.78 is 0. The zero-order valence-electron chi connectivity index (χ0n) is 9.33. The first kappa shape index (κ1) is 18.6. The minimum Gasteiger partial charge on any atom is -0.480 e. The van der Waals surface area contributed by atoms with Crippen LogP contribution >= 0.6 is 24.8 Å². The van der Waals surface area contributed by atoms with Crippen molar-refractivity contribution in [2.75, 3.05) is 6.54 Å². The minimum atomic E-state index is -1.32. The molecule has 0 saturated heterocycles. The molecule has 1 aromatic carbocycles. The maximum atomic E-state index is 11.2. The normalized spacial score (nSPS) is 12.8. The lowest BCUT2D eigenvalue weighted by atomic mass is 9.86. The lowest BCUT2D eigenvalue weighted by Crippen LogP contribution is -2.45. The Bertz CT molecular complexity index is 336. The van der Waals surface area contributed by atoms with E-state index < -0.39 is 11.5 Å². The third-order valence-electron chi connectivity index (χ3n) is 2.45. The SMILES string of the molecule is Cl.Cl.NCCCC(N)(C(=O)O)c1ccccc1. The Morgan fingerprint density at radius 1 is 1.24 bits per heavy atom. The minimum absolute atomic E-state index is 0. The monoisotopic (exact) mass is 280 g/mol. The van der Waals surface area contributed by atoms with Crippen molar-refractivity contribution < 1.29 is 9.90 Å².